The molecule has 102 valence electrons. The fourth-order valence-corrected chi connectivity index (χ4v) is 1.52. The van der Waals surface area contributed by atoms with Gasteiger partial charge in [0, 0.05) is 0 Å². The molecule has 0 aliphatic rings. The maximum absolute atomic E-state index is 11.0. The SMILES string of the molecule is CC(C)CC(N)C(=O)NS(N)=O.c1ccccc1. The number of nitrogens with two attached hydrogens (primary N) is 2. The van der Waals surface area contributed by atoms with Crippen LogP contribution >= 0.6 is 0 Å². The van der Waals surface area contributed by atoms with Crippen molar-refractivity contribution in [2.75, 3.05) is 0 Å². The second kappa shape index (κ2) is 9.76. The van der Waals surface area contributed by atoms with Crippen molar-refractivity contribution >= 4 is 17.1 Å². The average Bonchev–Trinajstić information content (AvgIpc) is 2.30. The van der Waals surface area contributed by atoms with Gasteiger partial charge in [-0.25, -0.2) is 9.35 Å². The molecular weight excluding hydrogens is 250 g/mol. The molecule has 5 nitrogen and oxygen atoms in total. The van der Waals surface area contributed by atoms with Gasteiger partial charge in [-0.05, 0) is 12.3 Å². The lowest BCUT2D eigenvalue weighted by Gasteiger charge is -2.11. The molecule has 2 unspecified atom stereocenters. The molecule has 0 aliphatic heterocycles. The lowest BCUT2D eigenvalue weighted by atomic mass is 10.0. The van der Waals surface area contributed by atoms with E-state index in [9.17, 15) is 9.00 Å². The second-order valence-corrected chi connectivity index (χ2v) is 4.95. The molecule has 0 fully saturated rings. The summed E-state index contributed by atoms with van der Waals surface area (Å²) in [4.78, 5) is 11.0. The summed E-state index contributed by atoms with van der Waals surface area (Å²) in [5.41, 5.74) is 5.46. The Morgan fingerprint density at radius 1 is 1.17 bits per heavy atom. The van der Waals surface area contributed by atoms with Gasteiger partial charge < -0.3 is 5.73 Å². The Morgan fingerprint density at radius 2 is 1.56 bits per heavy atom. The van der Waals surface area contributed by atoms with Crippen LogP contribution in [0.25, 0.3) is 0 Å². The van der Waals surface area contributed by atoms with Crippen molar-refractivity contribution in [2.45, 2.75) is 26.3 Å². The molecule has 6 heteroatoms. The Kier molecular flexibility index (Phi) is 9.08. The Morgan fingerprint density at radius 3 is 1.83 bits per heavy atom. The summed E-state index contributed by atoms with van der Waals surface area (Å²) in [5.74, 6) is -0.138. The van der Waals surface area contributed by atoms with E-state index in [0.717, 1.165) is 0 Å². The normalized spacial score (nSPS) is 13.2. The van der Waals surface area contributed by atoms with E-state index in [-0.39, 0.29) is 0 Å². The molecular formula is C12H21N3O2S. The van der Waals surface area contributed by atoms with Crippen molar-refractivity contribution in [2.24, 2.45) is 16.8 Å². The van der Waals surface area contributed by atoms with Gasteiger partial charge in [-0.3, -0.25) is 9.52 Å². The van der Waals surface area contributed by atoms with Crippen LogP contribution in [0.3, 0.4) is 0 Å². The molecule has 0 saturated carbocycles. The van der Waals surface area contributed by atoms with Crippen LogP contribution < -0.4 is 15.6 Å². The van der Waals surface area contributed by atoms with Gasteiger partial charge in [0.2, 0.25) is 5.91 Å². The summed E-state index contributed by atoms with van der Waals surface area (Å²) in [6, 6.07) is 11.4. The standard InChI is InChI=1S/C6H15N3O2S.C6H6/c1-4(2)3-5(7)6(10)9-12(8)11;1-2-4-6-5-3-1/h4-5H,3,7-8H2,1-2H3,(H,9,10);1-6H. The number of amides is 1. The molecule has 0 saturated heterocycles. The molecule has 1 aromatic rings. The first-order chi connectivity index (χ1) is 8.43. The highest BCUT2D eigenvalue weighted by Crippen LogP contribution is 2.02. The van der Waals surface area contributed by atoms with Crippen LogP contribution in [0.1, 0.15) is 20.3 Å². The maximum Gasteiger partial charge on any atom is 0.249 e. The molecule has 0 aliphatic carbocycles. The topological polar surface area (TPSA) is 98.2 Å². The van der Waals surface area contributed by atoms with E-state index < -0.39 is 23.1 Å². The zero-order chi connectivity index (χ0) is 14.0. The van der Waals surface area contributed by atoms with Crippen molar-refractivity contribution in [3.63, 3.8) is 0 Å². The predicted molar refractivity (Wildman–Crippen MR) is 74.3 cm³/mol. The van der Waals surface area contributed by atoms with Gasteiger partial charge in [-0.15, -0.1) is 0 Å². The number of rotatable bonds is 4. The minimum atomic E-state index is -1.81. The third-order valence-corrected chi connectivity index (χ3v) is 2.33. The number of nitrogens with one attached hydrogen (secondary N) is 1. The minimum absolute atomic E-state index is 0.331. The van der Waals surface area contributed by atoms with Crippen LogP contribution in [0.15, 0.2) is 36.4 Å². The van der Waals surface area contributed by atoms with Gasteiger partial charge in [0.15, 0.2) is 11.2 Å². The molecule has 0 aromatic heterocycles. The lowest BCUT2D eigenvalue weighted by molar-refractivity contribution is -0.120. The van der Waals surface area contributed by atoms with Gasteiger partial charge in [0.05, 0.1) is 6.04 Å². The predicted octanol–water partition coefficient (Wildman–Crippen LogP) is 0.700. The van der Waals surface area contributed by atoms with E-state index >= 15 is 0 Å². The van der Waals surface area contributed by atoms with Crippen molar-refractivity contribution in [3.05, 3.63) is 36.4 Å². The number of hydrogen-bond acceptors (Lipinski definition) is 3. The smallest absolute Gasteiger partial charge is 0.249 e. The Bertz CT molecular complexity index is 331. The van der Waals surface area contributed by atoms with Crippen LogP contribution in [0.4, 0.5) is 0 Å². The molecule has 0 radical (unpaired) electrons. The van der Waals surface area contributed by atoms with Gasteiger partial charge in [0.1, 0.15) is 0 Å². The van der Waals surface area contributed by atoms with Crippen molar-refractivity contribution in [1.82, 2.24) is 4.72 Å². The van der Waals surface area contributed by atoms with Gasteiger partial charge in [-0.1, -0.05) is 50.2 Å². The number of hydrogen-bond donors (Lipinski definition) is 3. The van der Waals surface area contributed by atoms with Crippen LogP contribution in [-0.2, 0) is 16.0 Å². The molecule has 2 atom stereocenters. The van der Waals surface area contributed by atoms with Crippen LogP contribution in [0.2, 0.25) is 0 Å². The number of carbonyl (C=O) groups is 1. The van der Waals surface area contributed by atoms with Crippen LogP contribution in [0.5, 0.6) is 0 Å². The first-order valence-electron chi connectivity index (χ1n) is 5.65. The summed E-state index contributed by atoms with van der Waals surface area (Å²) in [6.07, 6.45) is 0.559. The fraction of sp³-hybridized carbons (Fsp3) is 0.417. The highest BCUT2D eigenvalue weighted by atomic mass is 32.2. The molecule has 0 spiro atoms. The van der Waals surface area contributed by atoms with E-state index in [1.807, 2.05) is 55.0 Å². The second-order valence-electron chi connectivity index (χ2n) is 4.15. The van der Waals surface area contributed by atoms with Crippen molar-refractivity contribution < 1.29 is 9.00 Å². The third-order valence-electron chi connectivity index (χ3n) is 1.93. The van der Waals surface area contributed by atoms with Crippen LogP contribution in [0, 0.1) is 5.92 Å². The summed E-state index contributed by atoms with van der Waals surface area (Å²) >= 11 is -1.81. The molecule has 18 heavy (non-hydrogen) atoms. The van der Waals surface area contributed by atoms with Crippen LogP contribution in [-0.4, -0.2) is 16.2 Å². The third kappa shape index (κ3) is 9.95. The van der Waals surface area contributed by atoms with E-state index in [1.54, 1.807) is 0 Å². The van der Waals surface area contributed by atoms with Gasteiger partial charge >= 0.3 is 0 Å². The van der Waals surface area contributed by atoms with E-state index in [0.29, 0.717) is 12.3 Å². The highest BCUT2D eigenvalue weighted by molar-refractivity contribution is 7.81. The first-order valence-corrected chi connectivity index (χ1v) is 6.87. The summed E-state index contributed by atoms with van der Waals surface area (Å²) < 4.78 is 12.4. The average molecular weight is 271 g/mol. The summed E-state index contributed by atoms with van der Waals surface area (Å²) in [6.45, 7) is 3.90. The maximum atomic E-state index is 11.0. The van der Waals surface area contributed by atoms with E-state index in [4.69, 9.17) is 10.9 Å². The van der Waals surface area contributed by atoms with Gasteiger partial charge in [0.25, 0.3) is 0 Å². The highest BCUT2D eigenvalue weighted by Gasteiger charge is 2.15. The zero-order valence-corrected chi connectivity index (χ0v) is 11.5. The molecule has 0 heterocycles. The molecule has 1 aromatic carbocycles. The fourth-order valence-electron chi connectivity index (χ4n) is 1.17. The number of benzene rings is 1. The molecule has 1 amide bonds. The Hall–Kier alpha value is -1.24. The van der Waals surface area contributed by atoms with Gasteiger partial charge in [-0.2, -0.15) is 0 Å². The van der Waals surface area contributed by atoms with Crippen molar-refractivity contribution in [1.29, 1.82) is 0 Å². The summed E-state index contributed by atoms with van der Waals surface area (Å²) in [7, 11) is 0. The Labute approximate surface area is 111 Å². The monoisotopic (exact) mass is 271 g/mol. The lowest BCUT2D eigenvalue weighted by Crippen LogP contribution is -2.43. The van der Waals surface area contributed by atoms with E-state index in [2.05, 4.69) is 0 Å². The van der Waals surface area contributed by atoms with E-state index in [1.165, 1.54) is 0 Å². The number of carbonyl (C=O) groups excluding carboxylic acids is 1. The molecule has 1 rings (SSSR count). The summed E-state index contributed by atoms with van der Waals surface area (Å²) in [5, 5.41) is 4.85. The Balaban J connectivity index is 0.000000397. The molecule has 0 bridgehead atoms. The van der Waals surface area contributed by atoms with Crippen molar-refractivity contribution in [3.8, 4) is 0 Å². The first kappa shape index (κ1) is 16.8. The minimum Gasteiger partial charge on any atom is -0.320 e. The zero-order valence-electron chi connectivity index (χ0n) is 10.7. The molecule has 5 N–H and O–H groups in total. The largest absolute Gasteiger partial charge is 0.320 e. The quantitative estimate of drug-likeness (QED) is 0.751.